The molecule has 0 atom stereocenters. The number of nitrogens with zero attached hydrogens (tertiary/aromatic N) is 3. The van der Waals surface area contributed by atoms with Crippen LogP contribution in [0, 0.1) is 11.6 Å². The van der Waals surface area contributed by atoms with E-state index in [9.17, 15) is 22.0 Å². The summed E-state index contributed by atoms with van der Waals surface area (Å²) in [6.45, 7) is 5.24. The van der Waals surface area contributed by atoms with E-state index in [0.29, 0.717) is 11.4 Å². The summed E-state index contributed by atoms with van der Waals surface area (Å²) >= 11 is 1.51. The zero-order chi connectivity index (χ0) is 31.6. The van der Waals surface area contributed by atoms with E-state index < -0.39 is 33.1 Å². The average molecular weight is 638 g/mol. The number of nitrogens with two attached hydrogens (primary N) is 1. The van der Waals surface area contributed by atoms with Crippen molar-refractivity contribution >= 4 is 49.8 Å². The Morgan fingerprint density at radius 2 is 1.75 bits per heavy atom. The van der Waals surface area contributed by atoms with Crippen LogP contribution in [0.15, 0.2) is 72.0 Å². The van der Waals surface area contributed by atoms with Gasteiger partial charge in [-0.1, -0.05) is 12.1 Å². The van der Waals surface area contributed by atoms with E-state index in [4.69, 9.17) is 5.73 Å². The number of anilines is 2. The highest BCUT2D eigenvalue weighted by Crippen LogP contribution is 2.32. The van der Waals surface area contributed by atoms with Crippen molar-refractivity contribution in [3.63, 3.8) is 0 Å². The fourth-order valence-corrected chi connectivity index (χ4v) is 6.66. The van der Waals surface area contributed by atoms with Crippen LogP contribution in [0.1, 0.15) is 41.6 Å². The summed E-state index contributed by atoms with van der Waals surface area (Å²) in [5.74, 6) is -2.17. The summed E-state index contributed by atoms with van der Waals surface area (Å²) in [5.41, 5.74) is 7.22. The number of aromatic nitrogens is 3. The molecule has 5 aromatic rings. The first-order valence-corrected chi connectivity index (χ1v) is 15.7. The van der Waals surface area contributed by atoms with Crippen molar-refractivity contribution in [1.29, 1.82) is 0 Å². The molecule has 0 fully saturated rings. The third-order valence-electron chi connectivity index (χ3n) is 6.34. The molecule has 0 saturated carbocycles. The monoisotopic (exact) mass is 637 g/mol. The number of benzene rings is 2. The minimum atomic E-state index is -4.01. The highest BCUT2D eigenvalue weighted by Gasteiger charge is 2.25. The van der Waals surface area contributed by atoms with Gasteiger partial charge in [0, 0.05) is 33.4 Å². The van der Waals surface area contributed by atoms with Crippen molar-refractivity contribution in [2.45, 2.75) is 44.3 Å². The molecule has 0 radical (unpaired) electrons. The van der Waals surface area contributed by atoms with Crippen LogP contribution in [0.4, 0.5) is 20.4 Å². The molecule has 0 aliphatic carbocycles. The number of carbonyl (C=O) groups excluding carboxylic acids is 1. The van der Waals surface area contributed by atoms with E-state index in [0.717, 1.165) is 38.4 Å². The van der Waals surface area contributed by atoms with E-state index in [1.54, 1.807) is 20.8 Å². The molecule has 3 heterocycles. The maximum atomic E-state index is 13.7. The van der Waals surface area contributed by atoms with Crippen molar-refractivity contribution in [2.75, 3.05) is 11.1 Å². The van der Waals surface area contributed by atoms with Gasteiger partial charge in [0.1, 0.15) is 22.9 Å². The summed E-state index contributed by atoms with van der Waals surface area (Å²) in [6.07, 6.45) is 2.59. The van der Waals surface area contributed by atoms with Gasteiger partial charge in [-0.05, 0) is 74.4 Å². The van der Waals surface area contributed by atoms with Crippen molar-refractivity contribution in [2.24, 2.45) is 0 Å². The molecule has 228 valence electrons. The van der Waals surface area contributed by atoms with Crippen LogP contribution in [0.2, 0.25) is 0 Å². The van der Waals surface area contributed by atoms with Crippen molar-refractivity contribution in [3.05, 3.63) is 94.8 Å². The number of fused-ring (bicyclic) bond motifs is 1. The number of amides is 1. The van der Waals surface area contributed by atoms with E-state index in [-0.39, 0.29) is 29.4 Å². The molecule has 0 spiro atoms. The maximum Gasteiger partial charge on any atom is 0.255 e. The van der Waals surface area contributed by atoms with Crippen LogP contribution in [-0.2, 0) is 23.1 Å². The molecular formula is C30H29F2N7O3S2. The molecule has 14 heteroatoms. The number of thiophene rings is 1. The number of halogens is 2. The number of hydrogen-bond acceptors (Lipinski definition) is 9. The Bertz CT molecular complexity index is 1980. The number of hydrogen-bond donors (Lipinski definition) is 4. The lowest BCUT2D eigenvalue weighted by molar-refractivity contribution is 0.0951. The van der Waals surface area contributed by atoms with Crippen molar-refractivity contribution in [3.8, 4) is 10.4 Å². The molecule has 0 aliphatic heterocycles. The highest BCUT2D eigenvalue weighted by atomic mass is 32.2. The van der Waals surface area contributed by atoms with Crippen LogP contribution in [0.5, 0.6) is 0 Å². The molecule has 5 N–H and O–H groups in total. The summed E-state index contributed by atoms with van der Waals surface area (Å²) < 4.78 is 55.6. The fourth-order valence-electron chi connectivity index (χ4n) is 4.32. The zero-order valence-corrected chi connectivity index (χ0v) is 25.6. The lowest BCUT2D eigenvalue weighted by Gasteiger charge is -2.21. The topological polar surface area (TPSA) is 152 Å². The van der Waals surface area contributed by atoms with Crippen LogP contribution in [0.25, 0.3) is 21.3 Å². The summed E-state index contributed by atoms with van der Waals surface area (Å²) in [5, 5.41) is 6.51. The molecule has 5 rings (SSSR count). The van der Waals surface area contributed by atoms with Gasteiger partial charge in [-0.25, -0.2) is 36.9 Å². The van der Waals surface area contributed by atoms with Crippen LogP contribution in [-0.4, -0.2) is 34.8 Å². The molecule has 44 heavy (non-hydrogen) atoms. The second kappa shape index (κ2) is 12.2. The number of pyridine rings is 1. The lowest BCUT2D eigenvalue weighted by atomic mass is 10.1. The molecular weight excluding hydrogens is 609 g/mol. The minimum absolute atomic E-state index is 0.0360. The molecule has 0 aliphatic rings. The largest absolute Gasteiger partial charge is 0.383 e. The standard InChI is InChI=1S/C30H29F2N7O3S2/c1-30(2,3)39-44(41,42)20-12-22(29(40)36-13-17-4-7-23(31)24(32)10-17)28(35-15-20)34-14-19-6-9-26(43-19)18-5-8-25-21(11-18)27(33)38-16-37-25/h4-12,15-16,39H,13-14H2,1-3H3,(H,34,35)(H,36,40)(H2,33,37,38). The third kappa shape index (κ3) is 7.15. The average Bonchev–Trinajstić information content (AvgIpc) is 3.44. The van der Waals surface area contributed by atoms with E-state index in [1.165, 1.54) is 36.0 Å². The predicted octanol–water partition coefficient (Wildman–Crippen LogP) is 5.23. The van der Waals surface area contributed by atoms with Gasteiger partial charge >= 0.3 is 0 Å². The molecule has 3 aromatic heterocycles. The number of carbonyl (C=O) groups is 1. The Morgan fingerprint density at radius 1 is 0.955 bits per heavy atom. The first kappa shape index (κ1) is 30.9. The van der Waals surface area contributed by atoms with Gasteiger partial charge in [-0.2, -0.15) is 0 Å². The Kier molecular flexibility index (Phi) is 8.59. The quantitative estimate of drug-likeness (QED) is 0.171. The molecule has 10 nitrogen and oxygen atoms in total. The summed E-state index contributed by atoms with van der Waals surface area (Å²) in [4.78, 5) is 27.6. The second-order valence-corrected chi connectivity index (χ2v) is 13.8. The normalized spacial score (nSPS) is 11.9. The molecule has 0 unspecified atom stereocenters. The van der Waals surface area contributed by atoms with Crippen LogP contribution < -0.4 is 21.1 Å². The Balaban J connectivity index is 1.39. The van der Waals surface area contributed by atoms with E-state index >= 15 is 0 Å². The number of rotatable bonds is 9. The zero-order valence-electron chi connectivity index (χ0n) is 24.0. The van der Waals surface area contributed by atoms with Gasteiger partial charge in [-0.3, -0.25) is 4.79 Å². The SMILES string of the molecule is CC(C)(C)NS(=O)(=O)c1cnc(NCc2ccc(-c3ccc4ncnc(N)c4c3)s2)c(C(=O)NCc2ccc(F)c(F)c2)c1. The predicted molar refractivity (Wildman–Crippen MR) is 166 cm³/mol. The Morgan fingerprint density at radius 3 is 2.50 bits per heavy atom. The second-order valence-electron chi connectivity index (χ2n) is 11.0. The Labute approximate surface area is 256 Å². The van der Waals surface area contributed by atoms with Crippen molar-refractivity contribution < 1.29 is 22.0 Å². The van der Waals surface area contributed by atoms with Gasteiger partial charge in [0.25, 0.3) is 5.91 Å². The first-order chi connectivity index (χ1) is 20.8. The van der Waals surface area contributed by atoms with Gasteiger partial charge in [-0.15, -0.1) is 11.3 Å². The van der Waals surface area contributed by atoms with E-state index in [2.05, 4.69) is 30.3 Å². The van der Waals surface area contributed by atoms with Gasteiger partial charge in [0.05, 0.1) is 17.6 Å². The van der Waals surface area contributed by atoms with Crippen molar-refractivity contribution in [1.82, 2.24) is 25.0 Å². The van der Waals surface area contributed by atoms with Crippen LogP contribution in [0.3, 0.4) is 0 Å². The highest BCUT2D eigenvalue weighted by molar-refractivity contribution is 7.89. The molecule has 0 bridgehead atoms. The van der Waals surface area contributed by atoms with Gasteiger partial charge in [0.2, 0.25) is 10.0 Å². The third-order valence-corrected chi connectivity index (χ3v) is 9.20. The van der Waals surface area contributed by atoms with Crippen LogP contribution >= 0.6 is 11.3 Å². The van der Waals surface area contributed by atoms with Gasteiger partial charge < -0.3 is 16.4 Å². The summed E-state index contributed by atoms with van der Waals surface area (Å²) in [6, 6.07) is 14.1. The number of nitrogen functional groups attached to an aromatic ring is 1. The number of nitrogens with one attached hydrogen (secondary N) is 3. The lowest BCUT2D eigenvalue weighted by Crippen LogP contribution is -2.40. The van der Waals surface area contributed by atoms with Gasteiger partial charge in [0.15, 0.2) is 11.6 Å². The fraction of sp³-hybridized carbons (Fsp3) is 0.200. The first-order valence-electron chi connectivity index (χ1n) is 13.4. The molecule has 2 aromatic carbocycles. The Hall–Kier alpha value is -4.53. The minimum Gasteiger partial charge on any atom is -0.383 e. The molecule has 1 amide bonds. The van der Waals surface area contributed by atoms with E-state index in [1.807, 2.05) is 30.3 Å². The summed E-state index contributed by atoms with van der Waals surface area (Å²) in [7, 11) is -4.01. The smallest absolute Gasteiger partial charge is 0.255 e. The maximum absolute atomic E-state index is 13.7. The number of sulfonamides is 1. The molecule has 0 saturated heterocycles.